The van der Waals surface area contributed by atoms with Crippen LogP contribution in [-0.4, -0.2) is 11.0 Å². The summed E-state index contributed by atoms with van der Waals surface area (Å²) in [5.41, 5.74) is 1.92. The van der Waals surface area contributed by atoms with E-state index >= 15 is 0 Å². The predicted molar refractivity (Wildman–Crippen MR) is 76.5 cm³/mol. The van der Waals surface area contributed by atoms with Crippen LogP contribution in [0.3, 0.4) is 0 Å². The topological polar surface area (TPSA) is 29.5 Å². The van der Waals surface area contributed by atoms with Gasteiger partial charge in [-0.25, -0.2) is 0 Å². The third-order valence-electron chi connectivity index (χ3n) is 2.50. The van der Waals surface area contributed by atoms with Crippen molar-refractivity contribution in [2.24, 2.45) is 0 Å². The van der Waals surface area contributed by atoms with E-state index in [0.29, 0.717) is 12.5 Å². The van der Waals surface area contributed by atoms with Crippen molar-refractivity contribution in [2.75, 3.05) is 5.88 Å². The van der Waals surface area contributed by atoms with Gasteiger partial charge in [0.25, 0.3) is 0 Å². The van der Waals surface area contributed by atoms with Crippen molar-refractivity contribution < 1.29 is 9.84 Å². The van der Waals surface area contributed by atoms with Crippen molar-refractivity contribution in [3.05, 3.63) is 59.7 Å². The van der Waals surface area contributed by atoms with Crippen LogP contribution in [0.2, 0.25) is 0 Å². The van der Waals surface area contributed by atoms with Gasteiger partial charge in [0.05, 0.1) is 5.88 Å². The molecule has 0 fully saturated rings. The summed E-state index contributed by atoms with van der Waals surface area (Å²) in [6.07, 6.45) is 0. The summed E-state index contributed by atoms with van der Waals surface area (Å²) in [6, 6.07) is 14.5. The second-order valence-electron chi connectivity index (χ2n) is 3.91. The summed E-state index contributed by atoms with van der Waals surface area (Å²) in [5, 5.41) is 9.18. The second kappa shape index (κ2) is 6.72. The van der Waals surface area contributed by atoms with Crippen molar-refractivity contribution in [1.82, 2.24) is 0 Å². The monoisotopic (exact) mass is 272 g/mol. The maximum Gasteiger partial charge on any atom is 0.119 e. The van der Waals surface area contributed by atoms with Crippen LogP contribution >= 0.6 is 11.6 Å². The Balaban J connectivity index is 1.94. The van der Waals surface area contributed by atoms with Gasteiger partial charge in [-0.1, -0.05) is 24.0 Å². The van der Waals surface area contributed by atoms with Crippen LogP contribution in [0.5, 0.6) is 11.5 Å². The second-order valence-corrected chi connectivity index (χ2v) is 4.18. The summed E-state index contributed by atoms with van der Waals surface area (Å²) < 4.78 is 5.64. The molecule has 0 aliphatic rings. The van der Waals surface area contributed by atoms with Crippen molar-refractivity contribution in [1.29, 1.82) is 0 Å². The zero-order valence-corrected chi connectivity index (χ0v) is 11.0. The van der Waals surface area contributed by atoms with E-state index in [0.717, 1.165) is 16.9 Å². The van der Waals surface area contributed by atoms with Crippen LogP contribution < -0.4 is 4.74 Å². The average Bonchev–Trinajstić information content (AvgIpc) is 2.46. The molecule has 0 aliphatic heterocycles. The molecule has 2 aromatic carbocycles. The molecule has 19 heavy (non-hydrogen) atoms. The smallest absolute Gasteiger partial charge is 0.119 e. The quantitative estimate of drug-likeness (QED) is 0.684. The molecule has 0 atom stereocenters. The Labute approximate surface area is 117 Å². The molecule has 0 radical (unpaired) electrons. The maximum absolute atomic E-state index is 9.18. The number of alkyl halides is 1. The first kappa shape index (κ1) is 13.3. The molecule has 2 aromatic rings. The van der Waals surface area contributed by atoms with Gasteiger partial charge in [-0.2, -0.15) is 0 Å². The molecule has 0 saturated heterocycles. The van der Waals surface area contributed by atoms with Gasteiger partial charge in [-0.15, -0.1) is 11.6 Å². The van der Waals surface area contributed by atoms with Crippen LogP contribution in [0.4, 0.5) is 0 Å². The maximum atomic E-state index is 9.18. The Hall–Kier alpha value is -2.11. The first-order chi connectivity index (χ1) is 9.28. The number of benzene rings is 2. The van der Waals surface area contributed by atoms with E-state index in [9.17, 15) is 5.11 Å². The molecule has 1 N–H and O–H groups in total. The van der Waals surface area contributed by atoms with Crippen LogP contribution in [-0.2, 0) is 6.61 Å². The number of phenolic OH excluding ortho intramolecular Hbond substituents is 1. The Bertz CT molecular complexity index is 577. The standard InChI is InChI=1S/C16H13ClO2/c17-11-1-2-13-5-9-16(10-6-13)19-12-14-3-7-15(18)8-4-14/h3-10,18H,11-12H2. The van der Waals surface area contributed by atoms with E-state index in [2.05, 4.69) is 11.8 Å². The number of phenols is 1. The molecular weight excluding hydrogens is 260 g/mol. The van der Waals surface area contributed by atoms with Crippen LogP contribution in [0.25, 0.3) is 0 Å². The first-order valence-electron chi connectivity index (χ1n) is 5.83. The average molecular weight is 273 g/mol. The van der Waals surface area contributed by atoms with Gasteiger partial charge in [0.15, 0.2) is 0 Å². The lowest BCUT2D eigenvalue weighted by Crippen LogP contribution is -1.94. The van der Waals surface area contributed by atoms with Crippen LogP contribution in [0, 0.1) is 11.8 Å². The highest BCUT2D eigenvalue weighted by Crippen LogP contribution is 2.15. The highest BCUT2D eigenvalue weighted by atomic mass is 35.5. The minimum absolute atomic E-state index is 0.256. The lowest BCUT2D eigenvalue weighted by molar-refractivity contribution is 0.306. The summed E-state index contributed by atoms with van der Waals surface area (Å²) in [6.45, 7) is 0.465. The Kier molecular flexibility index (Phi) is 4.72. The fourth-order valence-corrected chi connectivity index (χ4v) is 1.60. The van der Waals surface area contributed by atoms with E-state index in [1.54, 1.807) is 12.1 Å². The summed E-state index contributed by atoms with van der Waals surface area (Å²) in [4.78, 5) is 0. The van der Waals surface area contributed by atoms with Gasteiger partial charge in [-0.05, 0) is 42.0 Å². The number of ether oxygens (including phenoxy) is 1. The SMILES string of the molecule is Oc1ccc(COc2ccc(C#CCCl)cc2)cc1. The van der Waals surface area contributed by atoms with Gasteiger partial charge in [-0.3, -0.25) is 0 Å². The Morgan fingerprint density at radius 2 is 1.68 bits per heavy atom. The van der Waals surface area contributed by atoms with Gasteiger partial charge >= 0.3 is 0 Å². The molecule has 0 aliphatic carbocycles. The van der Waals surface area contributed by atoms with Crippen molar-refractivity contribution in [2.45, 2.75) is 6.61 Å². The third-order valence-corrected chi connectivity index (χ3v) is 2.63. The minimum atomic E-state index is 0.256. The van der Waals surface area contributed by atoms with Gasteiger partial charge in [0.1, 0.15) is 18.1 Å². The minimum Gasteiger partial charge on any atom is -0.508 e. The normalized spacial score (nSPS) is 9.53. The first-order valence-corrected chi connectivity index (χ1v) is 6.37. The summed E-state index contributed by atoms with van der Waals surface area (Å²) >= 11 is 5.50. The molecule has 0 bridgehead atoms. The molecule has 0 unspecified atom stereocenters. The molecule has 3 heteroatoms. The lowest BCUT2D eigenvalue weighted by Gasteiger charge is -2.06. The molecule has 2 rings (SSSR count). The number of hydrogen-bond donors (Lipinski definition) is 1. The summed E-state index contributed by atoms with van der Waals surface area (Å²) in [7, 11) is 0. The highest BCUT2D eigenvalue weighted by molar-refractivity contribution is 6.19. The van der Waals surface area contributed by atoms with Gasteiger partial charge < -0.3 is 9.84 Å². The predicted octanol–water partition coefficient (Wildman–Crippen LogP) is 3.56. The molecule has 2 nitrogen and oxygen atoms in total. The summed E-state index contributed by atoms with van der Waals surface area (Å²) in [5.74, 6) is 7.10. The fourth-order valence-electron chi connectivity index (χ4n) is 1.53. The largest absolute Gasteiger partial charge is 0.508 e. The highest BCUT2D eigenvalue weighted by Gasteiger charge is 1.96. The third kappa shape index (κ3) is 4.24. The number of aromatic hydroxyl groups is 1. The van der Waals surface area contributed by atoms with E-state index in [1.165, 1.54) is 0 Å². The Morgan fingerprint density at radius 1 is 1.00 bits per heavy atom. The molecule has 96 valence electrons. The van der Waals surface area contributed by atoms with Crippen LogP contribution in [0.15, 0.2) is 48.5 Å². The van der Waals surface area contributed by atoms with Crippen molar-refractivity contribution >= 4 is 11.6 Å². The van der Waals surface area contributed by atoms with E-state index < -0.39 is 0 Å². The van der Waals surface area contributed by atoms with Crippen molar-refractivity contribution in [3.63, 3.8) is 0 Å². The van der Waals surface area contributed by atoms with E-state index in [1.807, 2.05) is 36.4 Å². The van der Waals surface area contributed by atoms with Gasteiger partial charge in [0.2, 0.25) is 0 Å². The zero-order valence-electron chi connectivity index (χ0n) is 10.3. The van der Waals surface area contributed by atoms with E-state index in [4.69, 9.17) is 16.3 Å². The molecule has 0 saturated carbocycles. The number of hydrogen-bond acceptors (Lipinski definition) is 2. The number of halogens is 1. The molecule has 0 amide bonds. The Morgan fingerprint density at radius 3 is 2.32 bits per heavy atom. The lowest BCUT2D eigenvalue weighted by atomic mass is 10.2. The van der Waals surface area contributed by atoms with Crippen molar-refractivity contribution in [3.8, 4) is 23.3 Å². The van der Waals surface area contributed by atoms with Gasteiger partial charge in [0, 0.05) is 5.56 Å². The molecule has 0 heterocycles. The van der Waals surface area contributed by atoms with E-state index in [-0.39, 0.29) is 5.75 Å². The molecular formula is C16H13ClO2. The fraction of sp³-hybridized carbons (Fsp3) is 0.125. The molecule has 0 spiro atoms. The number of rotatable bonds is 3. The van der Waals surface area contributed by atoms with Crippen LogP contribution in [0.1, 0.15) is 11.1 Å². The zero-order chi connectivity index (χ0) is 13.5. The molecule has 0 aromatic heterocycles.